The Bertz CT molecular complexity index is 570. The number of likely N-dealkylation sites (tertiary alicyclic amines) is 1. The predicted octanol–water partition coefficient (Wildman–Crippen LogP) is 3.25. The van der Waals surface area contributed by atoms with E-state index in [2.05, 4.69) is 18.9 Å². The van der Waals surface area contributed by atoms with Gasteiger partial charge in [0.1, 0.15) is 0 Å². The van der Waals surface area contributed by atoms with Gasteiger partial charge >= 0.3 is 5.97 Å². The molecule has 0 saturated carbocycles. The van der Waals surface area contributed by atoms with E-state index in [0.29, 0.717) is 18.5 Å². The molecule has 2 atom stereocenters. The molecular formula is C19H28N2O3. The van der Waals surface area contributed by atoms with Crippen LogP contribution in [0.1, 0.15) is 49.9 Å². The minimum Gasteiger partial charge on any atom is -0.481 e. The van der Waals surface area contributed by atoms with Gasteiger partial charge in [-0.25, -0.2) is 0 Å². The standard InChI is InChI=1S/C19H28N2O3/c1-4-5-12-20(3)17-10-8-15(9-11-17)18(22)21-13-16(19(23)24)7-6-14(21)2/h8-11,14,16H,4-7,12-13H2,1-3H3,(H,23,24). The van der Waals surface area contributed by atoms with Crippen LogP contribution in [0.4, 0.5) is 5.69 Å². The predicted molar refractivity (Wildman–Crippen MR) is 95.5 cm³/mol. The molecule has 1 aromatic rings. The number of unbranched alkanes of at least 4 members (excludes halogenated alkanes) is 1. The zero-order valence-electron chi connectivity index (χ0n) is 14.9. The van der Waals surface area contributed by atoms with E-state index in [1.807, 2.05) is 31.2 Å². The molecule has 1 N–H and O–H groups in total. The summed E-state index contributed by atoms with van der Waals surface area (Å²) in [5.41, 5.74) is 1.72. The Morgan fingerprint density at radius 3 is 2.50 bits per heavy atom. The topological polar surface area (TPSA) is 60.9 Å². The summed E-state index contributed by atoms with van der Waals surface area (Å²) < 4.78 is 0. The maximum absolute atomic E-state index is 12.8. The van der Waals surface area contributed by atoms with Crippen LogP contribution in [-0.2, 0) is 4.79 Å². The van der Waals surface area contributed by atoms with E-state index in [-0.39, 0.29) is 11.9 Å². The van der Waals surface area contributed by atoms with Gasteiger partial charge < -0.3 is 14.9 Å². The second-order valence-corrected chi connectivity index (χ2v) is 6.74. The number of carbonyl (C=O) groups excluding carboxylic acids is 1. The van der Waals surface area contributed by atoms with Gasteiger partial charge in [0.05, 0.1) is 5.92 Å². The van der Waals surface area contributed by atoms with E-state index in [1.54, 1.807) is 4.90 Å². The highest BCUT2D eigenvalue weighted by Gasteiger charge is 2.32. The highest BCUT2D eigenvalue weighted by Crippen LogP contribution is 2.24. The normalized spacial score (nSPS) is 20.7. The quantitative estimate of drug-likeness (QED) is 0.869. The van der Waals surface area contributed by atoms with Crippen molar-refractivity contribution in [3.05, 3.63) is 29.8 Å². The van der Waals surface area contributed by atoms with E-state index >= 15 is 0 Å². The molecule has 5 nitrogen and oxygen atoms in total. The van der Waals surface area contributed by atoms with Gasteiger partial charge in [-0.3, -0.25) is 9.59 Å². The molecule has 1 aromatic carbocycles. The maximum Gasteiger partial charge on any atom is 0.308 e. The van der Waals surface area contributed by atoms with Crippen molar-refractivity contribution in [2.75, 3.05) is 25.0 Å². The minimum atomic E-state index is -0.812. The van der Waals surface area contributed by atoms with E-state index in [9.17, 15) is 14.7 Å². The SMILES string of the molecule is CCCCN(C)c1ccc(C(=O)N2CC(C(=O)O)CCC2C)cc1. The Morgan fingerprint density at radius 2 is 1.92 bits per heavy atom. The van der Waals surface area contributed by atoms with Crippen LogP contribution < -0.4 is 4.90 Å². The molecule has 0 radical (unpaired) electrons. The molecule has 1 amide bonds. The molecule has 132 valence electrons. The van der Waals surface area contributed by atoms with Gasteiger partial charge in [0.25, 0.3) is 5.91 Å². The molecule has 1 aliphatic heterocycles. The highest BCUT2D eigenvalue weighted by molar-refractivity contribution is 5.95. The summed E-state index contributed by atoms with van der Waals surface area (Å²) in [5.74, 6) is -1.34. The van der Waals surface area contributed by atoms with Crippen LogP contribution in [0.15, 0.2) is 24.3 Å². The van der Waals surface area contributed by atoms with E-state index < -0.39 is 11.9 Å². The van der Waals surface area contributed by atoms with Crippen LogP contribution in [0.5, 0.6) is 0 Å². The number of benzene rings is 1. The van der Waals surface area contributed by atoms with Crippen molar-refractivity contribution in [2.24, 2.45) is 5.92 Å². The van der Waals surface area contributed by atoms with E-state index in [0.717, 1.165) is 31.5 Å². The molecule has 0 aliphatic carbocycles. The third-order valence-corrected chi connectivity index (χ3v) is 4.89. The molecule has 2 rings (SSSR count). The Kier molecular flexibility index (Phi) is 6.23. The molecule has 0 bridgehead atoms. The summed E-state index contributed by atoms with van der Waals surface area (Å²) in [7, 11) is 2.05. The van der Waals surface area contributed by atoms with Crippen LogP contribution in [0, 0.1) is 5.92 Å². The first-order valence-electron chi connectivity index (χ1n) is 8.79. The van der Waals surface area contributed by atoms with E-state index in [4.69, 9.17) is 0 Å². The van der Waals surface area contributed by atoms with Gasteiger partial charge in [-0.1, -0.05) is 13.3 Å². The van der Waals surface area contributed by atoms with Crippen LogP contribution in [0.3, 0.4) is 0 Å². The van der Waals surface area contributed by atoms with Crippen LogP contribution in [0.2, 0.25) is 0 Å². The lowest BCUT2D eigenvalue weighted by Crippen LogP contribution is -2.47. The minimum absolute atomic E-state index is 0.0730. The summed E-state index contributed by atoms with van der Waals surface area (Å²) in [5, 5.41) is 9.22. The van der Waals surface area contributed by atoms with Gasteiger partial charge in [0, 0.05) is 37.4 Å². The second kappa shape index (κ2) is 8.18. The lowest BCUT2D eigenvalue weighted by atomic mass is 9.93. The fourth-order valence-corrected chi connectivity index (χ4v) is 3.14. The van der Waals surface area contributed by atoms with Gasteiger partial charge in [-0.15, -0.1) is 0 Å². The fraction of sp³-hybridized carbons (Fsp3) is 0.579. The number of anilines is 1. The van der Waals surface area contributed by atoms with Crippen molar-refractivity contribution >= 4 is 17.6 Å². The zero-order chi connectivity index (χ0) is 17.7. The van der Waals surface area contributed by atoms with Crippen LogP contribution >= 0.6 is 0 Å². The highest BCUT2D eigenvalue weighted by atomic mass is 16.4. The molecule has 24 heavy (non-hydrogen) atoms. The third-order valence-electron chi connectivity index (χ3n) is 4.89. The molecule has 1 fully saturated rings. The van der Waals surface area contributed by atoms with Crippen molar-refractivity contribution in [3.8, 4) is 0 Å². The van der Waals surface area contributed by atoms with Crippen molar-refractivity contribution < 1.29 is 14.7 Å². The monoisotopic (exact) mass is 332 g/mol. The molecule has 2 unspecified atom stereocenters. The van der Waals surface area contributed by atoms with Gasteiger partial charge in [0.2, 0.25) is 0 Å². The number of piperidine rings is 1. The molecule has 0 aromatic heterocycles. The Balaban J connectivity index is 2.07. The van der Waals surface area contributed by atoms with Crippen molar-refractivity contribution in [2.45, 2.75) is 45.6 Å². The van der Waals surface area contributed by atoms with Gasteiger partial charge in [-0.05, 0) is 50.5 Å². The maximum atomic E-state index is 12.8. The number of carboxylic acid groups (broad SMARTS) is 1. The Hall–Kier alpha value is -2.04. The third kappa shape index (κ3) is 4.28. The number of rotatable bonds is 6. The summed E-state index contributed by atoms with van der Waals surface area (Å²) in [6.45, 7) is 5.45. The van der Waals surface area contributed by atoms with E-state index in [1.165, 1.54) is 0 Å². The Labute approximate surface area is 144 Å². The van der Waals surface area contributed by atoms with Crippen molar-refractivity contribution in [3.63, 3.8) is 0 Å². The number of aliphatic carboxylic acids is 1. The summed E-state index contributed by atoms with van der Waals surface area (Å²) in [6.07, 6.45) is 3.67. The molecule has 1 heterocycles. The van der Waals surface area contributed by atoms with Crippen molar-refractivity contribution in [1.29, 1.82) is 0 Å². The van der Waals surface area contributed by atoms with Crippen LogP contribution in [0.25, 0.3) is 0 Å². The number of carboxylic acids is 1. The zero-order valence-corrected chi connectivity index (χ0v) is 14.9. The lowest BCUT2D eigenvalue weighted by Gasteiger charge is -2.36. The van der Waals surface area contributed by atoms with Gasteiger partial charge in [-0.2, -0.15) is 0 Å². The average molecular weight is 332 g/mol. The molecule has 1 saturated heterocycles. The first-order valence-corrected chi connectivity index (χ1v) is 8.79. The summed E-state index contributed by atoms with van der Waals surface area (Å²) >= 11 is 0. The number of nitrogens with zero attached hydrogens (tertiary/aromatic N) is 2. The number of amides is 1. The largest absolute Gasteiger partial charge is 0.481 e. The summed E-state index contributed by atoms with van der Waals surface area (Å²) in [6, 6.07) is 7.70. The van der Waals surface area contributed by atoms with Crippen molar-refractivity contribution in [1.82, 2.24) is 4.90 Å². The molecule has 1 aliphatic rings. The first-order chi connectivity index (χ1) is 11.4. The smallest absolute Gasteiger partial charge is 0.308 e. The molecule has 5 heteroatoms. The molecular weight excluding hydrogens is 304 g/mol. The fourth-order valence-electron chi connectivity index (χ4n) is 3.14. The number of hydrogen-bond acceptors (Lipinski definition) is 3. The lowest BCUT2D eigenvalue weighted by molar-refractivity contribution is -0.143. The summed E-state index contributed by atoms with van der Waals surface area (Å²) in [4.78, 5) is 27.9. The number of carbonyl (C=O) groups is 2. The first kappa shape index (κ1) is 18.3. The molecule has 0 spiro atoms. The average Bonchev–Trinajstić information content (AvgIpc) is 2.59. The number of hydrogen-bond donors (Lipinski definition) is 1. The Morgan fingerprint density at radius 1 is 1.25 bits per heavy atom. The second-order valence-electron chi connectivity index (χ2n) is 6.74. The van der Waals surface area contributed by atoms with Gasteiger partial charge in [0.15, 0.2) is 0 Å². The van der Waals surface area contributed by atoms with Crippen LogP contribution in [-0.4, -0.2) is 48.1 Å².